The molecule has 0 radical (unpaired) electrons. The van der Waals surface area contributed by atoms with Crippen molar-refractivity contribution in [2.45, 2.75) is 39.2 Å². The number of benzene rings is 2. The second-order valence-electron chi connectivity index (χ2n) is 8.53. The summed E-state index contributed by atoms with van der Waals surface area (Å²) in [4.78, 5) is 27.3. The van der Waals surface area contributed by atoms with E-state index < -0.39 is 0 Å². The molecule has 0 unspecified atom stereocenters. The maximum Gasteiger partial charge on any atom is 0.251 e. The zero-order valence-electron chi connectivity index (χ0n) is 18.8. The quantitative estimate of drug-likeness (QED) is 0.696. The minimum absolute atomic E-state index is 0.0209. The van der Waals surface area contributed by atoms with Crippen LogP contribution in [0.1, 0.15) is 41.8 Å². The molecule has 0 bridgehead atoms. The van der Waals surface area contributed by atoms with E-state index in [1.165, 1.54) is 0 Å². The van der Waals surface area contributed by atoms with Crippen LogP contribution in [0.25, 0.3) is 0 Å². The summed E-state index contributed by atoms with van der Waals surface area (Å²) in [6.45, 7) is 6.68. The van der Waals surface area contributed by atoms with Crippen LogP contribution in [-0.2, 0) is 17.6 Å². The van der Waals surface area contributed by atoms with Gasteiger partial charge in [0.15, 0.2) is 11.5 Å². The molecule has 2 aromatic carbocycles. The van der Waals surface area contributed by atoms with E-state index in [1.54, 1.807) is 0 Å². The summed E-state index contributed by atoms with van der Waals surface area (Å²) in [5.74, 6) is 1.46. The molecule has 2 amide bonds. The van der Waals surface area contributed by atoms with Gasteiger partial charge in [-0.05, 0) is 68.5 Å². The van der Waals surface area contributed by atoms with Crippen molar-refractivity contribution in [1.29, 1.82) is 0 Å². The Balaban J connectivity index is 1.34. The van der Waals surface area contributed by atoms with Crippen LogP contribution < -0.4 is 25.0 Å². The fourth-order valence-corrected chi connectivity index (χ4v) is 4.24. The largest absolute Gasteiger partial charge is 0.486 e. The third-order valence-electron chi connectivity index (χ3n) is 5.69. The zero-order chi connectivity index (χ0) is 22.5. The number of ether oxygens (including phenoxy) is 2. The maximum absolute atomic E-state index is 12.6. The lowest BCUT2D eigenvalue weighted by Gasteiger charge is -2.32. The molecule has 4 rings (SSSR count). The number of anilines is 1. The molecule has 2 aliphatic heterocycles. The molecule has 2 aliphatic rings. The summed E-state index contributed by atoms with van der Waals surface area (Å²) >= 11 is 0. The van der Waals surface area contributed by atoms with E-state index in [0.717, 1.165) is 54.1 Å². The van der Waals surface area contributed by atoms with Gasteiger partial charge in [-0.3, -0.25) is 9.59 Å². The minimum Gasteiger partial charge on any atom is -0.486 e. The van der Waals surface area contributed by atoms with Crippen molar-refractivity contribution >= 4 is 17.5 Å². The molecule has 0 aromatic heterocycles. The van der Waals surface area contributed by atoms with Gasteiger partial charge in [-0.2, -0.15) is 0 Å². The Hall–Kier alpha value is -3.22. The van der Waals surface area contributed by atoms with Crippen molar-refractivity contribution in [3.05, 3.63) is 53.1 Å². The number of amides is 2. The summed E-state index contributed by atoms with van der Waals surface area (Å²) in [5, 5.41) is 5.99. The Bertz CT molecular complexity index is 989. The topological polar surface area (TPSA) is 79.9 Å². The average molecular weight is 438 g/mol. The number of rotatable bonds is 7. The maximum atomic E-state index is 12.6. The number of fused-ring (bicyclic) bond motifs is 2. The summed E-state index contributed by atoms with van der Waals surface area (Å²) in [6, 6.07) is 11.7. The van der Waals surface area contributed by atoms with E-state index in [-0.39, 0.29) is 24.4 Å². The lowest BCUT2D eigenvalue weighted by atomic mass is 9.95. The molecule has 7 nitrogen and oxygen atoms in total. The van der Waals surface area contributed by atoms with Crippen molar-refractivity contribution in [1.82, 2.24) is 10.6 Å². The molecule has 170 valence electrons. The summed E-state index contributed by atoms with van der Waals surface area (Å²) < 4.78 is 11.2. The normalized spacial score (nSPS) is 14.7. The first kappa shape index (κ1) is 22.0. The van der Waals surface area contributed by atoms with Crippen molar-refractivity contribution < 1.29 is 19.1 Å². The van der Waals surface area contributed by atoms with Crippen LogP contribution >= 0.6 is 0 Å². The molecule has 0 saturated carbocycles. The van der Waals surface area contributed by atoms with Gasteiger partial charge in [0.05, 0.1) is 6.54 Å². The lowest BCUT2D eigenvalue weighted by molar-refractivity contribution is -0.119. The smallest absolute Gasteiger partial charge is 0.251 e. The summed E-state index contributed by atoms with van der Waals surface area (Å²) in [5.41, 5.74) is 3.81. The van der Waals surface area contributed by atoms with Crippen LogP contribution in [0.15, 0.2) is 36.4 Å². The van der Waals surface area contributed by atoms with Crippen molar-refractivity contribution in [2.24, 2.45) is 0 Å². The van der Waals surface area contributed by atoms with E-state index >= 15 is 0 Å². The highest BCUT2D eigenvalue weighted by Crippen LogP contribution is 2.31. The molecule has 7 heteroatoms. The second-order valence-corrected chi connectivity index (χ2v) is 8.53. The molecule has 2 aromatic rings. The molecule has 0 fully saturated rings. The fraction of sp³-hybridized carbons (Fsp3) is 0.440. The number of hydrogen-bond acceptors (Lipinski definition) is 5. The van der Waals surface area contributed by atoms with Crippen LogP contribution in [-0.4, -0.2) is 50.7 Å². The van der Waals surface area contributed by atoms with Crippen LogP contribution in [0, 0.1) is 0 Å². The minimum atomic E-state index is -0.0532. The van der Waals surface area contributed by atoms with E-state index in [0.29, 0.717) is 25.3 Å². The standard InChI is InChI=1S/C25H31N3O4/c1-17(2)27-25(30)20-5-3-7-21-19(20)6-4-12-28(21)16-24(29)26-11-10-18-8-9-22-23(15-18)32-14-13-31-22/h3,5,7-9,15,17H,4,6,10-14,16H2,1-2H3,(H,26,29)(H,27,30). The monoisotopic (exact) mass is 437 g/mol. The van der Waals surface area contributed by atoms with Gasteiger partial charge in [-0.1, -0.05) is 12.1 Å². The van der Waals surface area contributed by atoms with Gasteiger partial charge < -0.3 is 25.0 Å². The van der Waals surface area contributed by atoms with E-state index in [1.807, 2.05) is 50.2 Å². The van der Waals surface area contributed by atoms with E-state index in [9.17, 15) is 9.59 Å². The molecule has 0 aliphatic carbocycles. The predicted molar refractivity (Wildman–Crippen MR) is 124 cm³/mol. The molecule has 0 spiro atoms. The van der Waals surface area contributed by atoms with Crippen molar-refractivity contribution in [2.75, 3.05) is 37.7 Å². The predicted octanol–water partition coefficient (Wildman–Crippen LogP) is 2.71. The van der Waals surface area contributed by atoms with Gasteiger partial charge in [0.25, 0.3) is 5.91 Å². The summed E-state index contributed by atoms with van der Waals surface area (Å²) in [7, 11) is 0. The number of nitrogens with one attached hydrogen (secondary N) is 2. The van der Waals surface area contributed by atoms with Crippen molar-refractivity contribution in [3.8, 4) is 11.5 Å². The Morgan fingerprint density at radius 3 is 2.72 bits per heavy atom. The van der Waals surface area contributed by atoms with E-state index in [4.69, 9.17) is 9.47 Å². The van der Waals surface area contributed by atoms with Crippen molar-refractivity contribution in [3.63, 3.8) is 0 Å². The van der Waals surface area contributed by atoms with Crippen LogP contribution in [0.3, 0.4) is 0 Å². The van der Waals surface area contributed by atoms with Crippen LogP contribution in [0.2, 0.25) is 0 Å². The Morgan fingerprint density at radius 1 is 1.09 bits per heavy atom. The number of hydrogen-bond donors (Lipinski definition) is 2. The molecule has 2 heterocycles. The first-order valence-corrected chi connectivity index (χ1v) is 11.3. The molecular weight excluding hydrogens is 406 g/mol. The third-order valence-corrected chi connectivity index (χ3v) is 5.69. The highest BCUT2D eigenvalue weighted by atomic mass is 16.6. The Labute approximate surface area is 189 Å². The van der Waals surface area contributed by atoms with Gasteiger partial charge in [-0.15, -0.1) is 0 Å². The highest BCUT2D eigenvalue weighted by molar-refractivity contribution is 5.97. The fourth-order valence-electron chi connectivity index (χ4n) is 4.24. The highest BCUT2D eigenvalue weighted by Gasteiger charge is 2.23. The number of carbonyl (C=O) groups excluding carboxylic acids is 2. The molecule has 0 saturated heterocycles. The van der Waals surface area contributed by atoms with Gasteiger partial charge >= 0.3 is 0 Å². The first-order chi connectivity index (χ1) is 15.5. The molecule has 2 N–H and O–H groups in total. The SMILES string of the molecule is CC(C)NC(=O)c1cccc2c1CCCN2CC(=O)NCCc1ccc2c(c1)OCCO2. The summed E-state index contributed by atoms with van der Waals surface area (Å²) in [6.07, 6.45) is 2.49. The first-order valence-electron chi connectivity index (χ1n) is 11.3. The van der Waals surface area contributed by atoms with Crippen LogP contribution in [0.4, 0.5) is 5.69 Å². The number of carbonyl (C=O) groups is 2. The Kier molecular flexibility index (Phi) is 6.83. The lowest BCUT2D eigenvalue weighted by Crippen LogP contribution is -2.41. The molecular formula is C25H31N3O4. The van der Waals surface area contributed by atoms with Gasteiger partial charge in [0.1, 0.15) is 13.2 Å². The van der Waals surface area contributed by atoms with Gasteiger partial charge in [0.2, 0.25) is 5.91 Å². The third kappa shape index (κ3) is 5.15. The zero-order valence-corrected chi connectivity index (χ0v) is 18.8. The Morgan fingerprint density at radius 2 is 1.91 bits per heavy atom. The second kappa shape index (κ2) is 9.94. The average Bonchev–Trinajstić information content (AvgIpc) is 2.78. The molecule has 32 heavy (non-hydrogen) atoms. The molecule has 0 atom stereocenters. The van der Waals surface area contributed by atoms with Crippen LogP contribution in [0.5, 0.6) is 11.5 Å². The number of nitrogens with zero attached hydrogens (tertiary/aromatic N) is 1. The van der Waals surface area contributed by atoms with E-state index in [2.05, 4.69) is 15.5 Å². The van der Waals surface area contributed by atoms with Gasteiger partial charge in [0, 0.05) is 30.4 Å². The van der Waals surface area contributed by atoms with Gasteiger partial charge in [-0.25, -0.2) is 0 Å².